The minimum Gasteiger partial charge on any atom is -0.481 e. The largest absolute Gasteiger partial charge is 0.481 e. The zero-order valence-corrected chi connectivity index (χ0v) is 23.4. The summed E-state index contributed by atoms with van der Waals surface area (Å²) in [6, 6.07) is 25.7. The topological polar surface area (TPSA) is 105 Å². The Morgan fingerprint density at radius 1 is 0.850 bits per heavy atom. The Hall–Kier alpha value is -3.17. The highest BCUT2D eigenvalue weighted by Crippen LogP contribution is 2.40. The number of carbonyl (C=O) groups is 2. The smallest absolute Gasteiger partial charge is 0.303 e. The summed E-state index contributed by atoms with van der Waals surface area (Å²) in [5, 5.41) is 21.1. The SMILES string of the molecule is O=C(O)CCCCCCC(=O)Nc1cccc([C@@H]2O[C@H](CSc3ccccc3)C[C@H](c3ccc(CO)cc3)O2)c1. The number of hydrogen-bond acceptors (Lipinski definition) is 6. The number of nitrogens with one attached hydrogen (secondary N) is 1. The van der Waals surface area contributed by atoms with E-state index in [2.05, 4.69) is 17.4 Å². The van der Waals surface area contributed by atoms with Crippen molar-refractivity contribution in [1.29, 1.82) is 0 Å². The fourth-order valence-electron chi connectivity index (χ4n) is 4.63. The number of aliphatic carboxylic acids is 1. The lowest BCUT2D eigenvalue weighted by Crippen LogP contribution is -2.31. The molecule has 0 spiro atoms. The number of rotatable bonds is 14. The highest BCUT2D eigenvalue weighted by atomic mass is 32.2. The molecule has 0 bridgehead atoms. The van der Waals surface area contributed by atoms with Gasteiger partial charge in [0.2, 0.25) is 5.91 Å². The van der Waals surface area contributed by atoms with Crippen molar-refractivity contribution >= 4 is 29.3 Å². The highest BCUT2D eigenvalue weighted by Gasteiger charge is 2.32. The Balaban J connectivity index is 1.39. The van der Waals surface area contributed by atoms with E-state index in [0.717, 1.165) is 41.7 Å². The average Bonchev–Trinajstić information content (AvgIpc) is 2.98. The van der Waals surface area contributed by atoms with Crippen LogP contribution in [0, 0.1) is 0 Å². The molecule has 3 N–H and O–H groups in total. The van der Waals surface area contributed by atoms with Gasteiger partial charge in [-0.2, -0.15) is 0 Å². The van der Waals surface area contributed by atoms with Crippen molar-refractivity contribution in [2.24, 2.45) is 0 Å². The molecular weight excluding hydrogens is 526 g/mol. The van der Waals surface area contributed by atoms with Gasteiger partial charge in [0.05, 0.1) is 18.8 Å². The molecule has 212 valence electrons. The lowest BCUT2D eigenvalue weighted by atomic mass is 10.0. The van der Waals surface area contributed by atoms with Crippen molar-refractivity contribution in [3.05, 3.63) is 95.6 Å². The van der Waals surface area contributed by atoms with E-state index in [-0.39, 0.29) is 31.1 Å². The lowest BCUT2D eigenvalue weighted by Gasteiger charge is -2.36. The molecule has 0 saturated carbocycles. The van der Waals surface area contributed by atoms with Crippen LogP contribution in [-0.4, -0.2) is 33.9 Å². The van der Waals surface area contributed by atoms with E-state index in [1.54, 1.807) is 11.8 Å². The molecule has 1 saturated heterocycles. The lowest BCUT2D eigenvalue weighted by molar-refractivity contribution is -0.245. The van der Waals surface area contributed by atoms with Crippen LogP contribution < -0.4 is 5.32 Å². The highest BCUT2D eigenvalue weighted by molar-refractivity contribution is 7.99. The minimum absolute atomic E-state index is 0.00286. The minimum atomic E-state index is -0.782. The van der Waals surface area contributed by atoms with Crippen LogP contribution in [0.3, 0.4) is 0 Å². The molecule has 0 radical (unpaired) electrons. The van der Waals surface area contributed by atoms with Gasteiger partial charge in [0.15, 0.2) is 6.29 Å². The maximum Gasteiger partial charge on any atom is 0.303 e. The van der Waals surface area contributed by atoms with Crippen LogP contribution in [0.4, 0.5) is 5.69 Å². The molecule has 3 aromatic rings. The first-order valence-electron chi connectivity index (χ1n) is 13.8. The molecule has 3 atom stereocenters. The normalized spacial score (nSPS) is 18.8. The van der Waals surface area contributed by atoms with Crippen molar-refractivity contribution in [2.45, 2.75) is 74.9 Å². The van der Waals surface area contributed by atoms with Crippen LogP contribution in [-0.2, 0) is 25.7 Å². The Bertz CT molecular complexity index is 1220. The van der Waals surface area contributed by atoms with E-state index in [0.29, 0.717) is 24.9 Å². The second kappa shape index (κ2) is 15.6. The van der Waals surface area contributed by atoms with E-state index >= 15 is 0 Å². The third-order valence-corrected chi connectivity index (χ3v) is 7.93. The van der Waals surface area contributed by atoms with E-state index in [1.165, 1.54) is 4.90 Å². The Morgan fingerprint density at radius 3 is 2.33 bits per heavy atom. The summed E-state index contributed by atoms with van der Waals surface area (Å²) in [6.45, 7) is -0.00286. The van der Waals surface area contributed by atoms with Gasteiger partial charge in [-0.05, 0) is 48.2 Å². The summed E-state index contributed by atoms with van der Waals surface area (Å²) in [4.78, 5) is 24.3. The Kier molecular flexibility index (Phi) is 11.6. The number of carboxylic acids is 1. The molecule has 1 heterocycles. The maximum absolute atomic E-state index is 12.5. The van der Waals surface area contributed by atoms with Gasteiger partial charge >= 0.3 is 5.97 Å². The summed E-state index contributed by atoms with van der Waals surface area (Å²) in [7, 11) is 0. The van der Waals surface area contributed by atoms with Gasteiger partial charge in [0, 0.05) is 41.2 Å². The second-order valence-corrected chi connectivity index (χ2v) is 11.0. The van der Waals surface area contributed by atoms with Gasteiger partial charge in [-0.15, -0.1) is 11.8 Å². The molecule has 7 nitrogen and oxygen atoms in total. The zero-order valence-electron chi connectivity index (χ0n) is 22.5. The van der Waals surface area contributed by atoms with Crippen molar-refractivity contribution in [2.75, 3.05) is 11.1 Å². The maximum atomic E-state index is 12.5. The van der Waals surface area contributed by atoms with Gasteiger partial charge in [-0.1, -0.05) is 67.4 Å². The van der Waals surface area contributed by atoms with Gasteiger partial charge in [-0.3, -0.25) is 9.59 Å². The molecule has 1 fully saturated rings. The second-order valence-electron chi connectivity index (χ2n) is 9.96. The first-order valence-corrected chi connectivity index (χ1v) is 14.8. The first kappa shape index (κ1) is 29.8. The number of amides is 1. The molecule has 1 aliphatic heterocycles. The van der Waals surface area contributed by atoms with Crippen molar-refractivity contribution in [3.63, 3.8) is 0 Å². The van der Waals surface area contributed by atoms with Gasteiger partial charge in [-0.25, -0.2) is 0 Å². The summed E-state index contributed by atoms with van der Waals surface area (Å²) in [5.41, 5.74) is 3.41. The monoisotopic (exact) mass is 563 g/mol. The Labute approximate surface area is 239 Å². The molecule has 0 aromatic heterocycles. The first-order chi connectivity index (χ1) is 19.5. The number of thioether (sulfide) groups is 1. The zero-order chi connectivity index (χ0) is 28.2. The predicted molar refractivity (Wildman–Crippen MR) is 156 cm³/mol. The van der Waals surface area contributed by atoms with Crippen LogP contribution in [0.2, 0.25) is 0 Å². The average molecular weight is 564 g/mol. The molecule has 8 heteroatoms. The van der Waals surface area contributed by atoms with Crippen LogP contribution in [0.5, 0.6) is 0 Å². The van der Waals surface area contributed by atoms with Crippen molar-refractivity contribution < 1.29 is 29.3 Å². The van der Waals surface area contributed by atoms with Gasteiger partial charge in [0.1, 0.15) is 0 Å². The molecule has 1 aliphatic rings. The molecule has 3 aromatic carbocycles. The molecular formula is C32H37NO6S. The number of carboxylic acid groups (broad SMARTS) is 1. The number of hydrogen-bond donors (Lipinski definition) is 3. The molecule has 1 amide bonds. The quantitative estimate of drug-likeness (QED) is 0.145. The van der Waals surface area contributed by atoms with Crippen molar-refractivity contribution in [3.8, 4) is 0 Å². The molecule has 0 unspecified atom stereocenters. The number of aliphatic hydroxyl groups is 1. The Morgan fingerprint density at radius 2 is 1.60 bits per heavy atom. The summed E-state index contributed by atoms with van der Waals surface area (Å²) < 4.78 is 12.9. The van der Waals surface area contributed by atoms with E-state index in [9.17, 15) is 14.7 Å². The van der Waals surface area contributed by atoms with Gasteiger partial charge in [0.25, 0.3) is 0 Å². The number of ether oxygens (including phenoxy) is 2. The number of unbranched alkanes of at least 4 members (excludes halogenated alkanes) is 3. The van der Waals surface area contributed by atoms with Crippen LogP contribution >= 0.6 is 11.8 Å². The molecule has 40 heavy (non-hydrogen) atoms. The third kappa shape index (κ3) is 9.48. The van der Waals surface area contributed by atoms with Crippen LogP contribution in [0.15, 0.2) is 83.8 Å². The fraction of sp³-hybridized carbons (Fsp3) is 0.375. The van der Waals surface area contributed by atoms with Crippen molar-refractivity contribution in [1.82, 2.24) is 0 Å². The standard InChI is InChI=1S/C32H37NO6S/c34-21-23-15-17-24(18-16-23)29-20-27(22-40-28-11-4-3-5-12-28)38-32(39-29)25-9-8-10-26(19-25)33-30(35)13-6-1-2-7-14-31(36)37/h3-5,8-12,15-19,27,29,32,34H,1-2,6-7,13-14,20-22H2,(H,33,35)(H,36,37)/t27-,29+,32+/m0/s1. The number of anilines is 1. The number of carbonyl (C=O) groups excluding carboxylic acids is 1. The number of aliphatic hydroxyl groups excluding tert-OH is 1. The van der Waals surface area contributed by atoms with Crippen LogP contribution in [0.1, 0.15) is 74.0 Å². The van der Waals surface area contributed by atoms with E-state index in [1.807, 2.05) is 66.7 Å². The summed E-state index contributed by atoms with van der Waals surface area (Å²) in [5.74, 6) is -0.0755. The molecule has 0 aliphatic carbocycles. The van der Waals surface area contributed by atoms with E-state index in [4.69, 9.17) is 14.6 Å². The van der Waals surface area contributed by atoms with Gasteiger partial charge < -0.3 is 25.0 Å². The summed E-state index contributed by atoms with van der Waals surface area (Å²) in [6.07, 6.45) is 3.44. The van der Waals surface area contributed by atoms with Crippen LogP contribution in [0.25, 0.3) is 0 Å². The molecule has 4 rings (SSSR count). The summed E-state index contributed by atoms with van der Waals surface area (Å²) >= 11 is 1.75. The van der Waals surface area contributed by atoms with E-state index < -0.39 is 12.3 Å². The fourth-order valence-corrected chi connectivity index (χ4v) is 5.57. The third-order valence-electron chi connectivity index (χ3n) is 6.78. The predicted octanol–water partition coefficient (Wildman–Crippen LogP) is 6.88. The number of benzene rings is 3.